The Morgan fingerprint density at radius 2 is 1.90 bits per heavy atom. The number of hydrogen-bond acceptors (Lipinski definition) is 5. The van der Waals surface area contributed by atoms with Crippen LogP contribution in [0, 0.1) is 0 Å². The molecule has 0 saturated carbocycles. The number of amides is 1. The van der Waals surface area contributed by atoms with Crippen LogP contribution in [0.2, 0.25) is 19.6 Å². The fraction of sp³-hybridized carbons (Fsp3) is 0.333. The third-order valence-electron chi connectivity index (χ3n) is 4.79. The van der Waals surface area contributed by atoms with Crippen molar-refractivity contribution in [3.63, 3.8) is 0 Å². The Hall–Kier alpha value is -3.04. The third kappa shape index (κ3) is 4.57. The number of aliphatic hydroxyl groups excluding tert-OH is 1. The average molecular weight is 426 g/mol. The molecule has 158 valence electrons. The van der Waals surface area contributed by atoms with Crippen molar-refractivity contribution in [3.05, 3.63) is 58.6 Å². The van der Waals surface area contributed by atoms with Crippen molar-refractivity contribution in [3.8, 4) is 16.9 Å². The van der Waals surface area contributed by atoms with E-state index in [9.17, 15) is 14.7 Å². The topological polar surface area (TPSA) is 102 Å². The van der Waals surface area contributed by atoms with Crippen molar-refractivity contribution in [1.29, 1.82) is 0 Å². The van der Waals surface area contributed by atoms with Gasteiger partial charge in [0, 0.05) is 18.7 Å². The van der Waals surface area contributed by atoms with Gasteiger partial charge in [-0.15, -0.1) is 0 Å². The molecule has 1 amide bonds. The number of aryl methyl sites for hydroxylation is 1. The molecule has 1 aromatic carbocycles. The van der Waals surface area contributed by atoms with Crippen LogP contribution in [0.1, 0.15) is 17.3 Å². The van der Waals surface area contributed by atoms with E-state index in [-0.39, 0.29) is 12.2 Å². The van der Waals surface area contributed by atoms with Crippen LogP contribution < -0.4 is 16.1 Å². The van der Waals surface area contributed by atoms with Crippen molar-refractivity contribution in [2.45, 2.75) is 32.6 Å². The highest BCUT2D eigenvalue weighted by Crippen LogP contribution is 2.18. The van der Waals surface area contributed by atoms with Crippen LogP contribution in [0.15, 0.2) is 47.5 Å². The largest absolute Gasteiger partial charge is 0.394 e. The van der Waals surface area contributed by atoms with E-state index >= 15 is 0 Å². The molecule has 0 saturated heterocycles. The van der Waals surface area contributed by atoms with Crippen molar-refractivity contribution >= 4 is 19.2 Å². The number of hydrogen-bond donors (Lipinski definition) is 2. The molecule has 0 bridgehead atoms. The number of carbonyl (C=O) groups is 1. The van der Waals surface area contributed by atoms with Gasteiger partial charge < -0.3 is 10.4 Å². The minimum Gasteiger partial charge on any atom is -0.394 e. The van der Waals surface area contributed by atoms with Gasteiger partial charge in [0.25, 0.3) is 11.5 Å². The number of rotatable bonds is 6. The molecule has 30 heavy (non-hydrogen) atoms. The number of aromatic nitrogens is 4. The summed E-state index contributed by atoms with van der Waals surface area (Å²) in [5.74, 6) is -0.554. The fourth-order valence-electron chi connectivity index (χ4n) is 2.98. The molecule has 8 nitrogen and oxygen atoms in total. The highest BCUT2D eigenvalue weighted by Gasteiger charge is 2.20. The van der Waals surface area contributed by atoms with Crippen molar-refractivity contribution in [1.82, 2.24) is 24.9 Å². The number of carbonyl (C=O) groups excluding carboxylic acids is 1. The van der Waals surface area contributed by atoms with E-state index in [4.69, 9.17) is 0 Å². The van der Waals surface area contributed by atoms with Crippen LogP contribution >= 0.6 is 0 Å². The predicted molar refractivity (Wildman–Crippen MR) is 119 cm³/mol. The lowest BCUT2D eigenvalue weighted by molar-refractivity contribution is 0.0920. The maximum atomic E-state index is 13.0. The second-order valence-electron chi connectivity index (χ2n) is 8.42. The van der Waals surface area contributed by atoms with E-state index < -0.39 is 25.6 Å². The molecule has 1 atom stereocenters. The highest BCUT2D eigenvalue weighted by atomic mass is 28.3. The van der Waals surface area contributed by atoms with E-state index in [1.54, 1.807) is 24.9 Å². The smallest absolute Gasteiger partial charge is 0.284 e. The monoisotopic (exact) mass is 425 g/mol. The summed E-state index contributed by atoms with van der Waals surface area (Å²) >= 11 is 0. The van der Waals surface area contributed by atoms with Crippen LogP contribution in [0.25, 0.3) is 16.9 Å². The second kappa shape index (κ2) is 8.37. The summed E-state index contributed by atoms with van der Waals surface area (Å²) in [6.07, 6.45) is 3.18. The van der Waals surface area contributed by atoms with Crippen molar-refractivity contribution in [2.24, 2.45) is 7.05 Å². The third-order valence-corrected chi connectivity index (χ3v) is 6.86. The first-order valence-electron chi connectivity index (χ1n) is 9.76. The summed E-state index contributed by atoms with van der Waals surface area (Å²) in [7, 11) is 0.287. The van der Waals surface area contributed by atoms with Crippen molar-refractivity contribution < 1.29 is 9.90 Å². The minimum absolute atomic E-state index is 0.0431. The molecule has 2 heterocycles. The number of benzene rings is 1. The van der Waals surface area contributed by atoms with E-state index in [2.05, 4.69) is 47.3 Å². The zero-order valence-corrected chi connectivity index (χ0v) is 18.9. The molecule has 2 aromatic heterocycles. The maximum absolute atomic E-state index is 13.0. The summed E-state index contributed by atoms with van der Waals surface area (Å²) in [6.45, 7) is 8.25. The summed E-state index contributed by atoms with van der Waals surface area (Å²) < 4.78 is 2.75. The van der Waals surface area contributed by atoms with Gasteiger partial charge in [0.05, 0.1) is 32.8 Å². The van der Waals surface area contributed by atoms with Gasteiger partial charge in [-0.3, -0.25) is 14.3 Å². The lowest BCUT2D eigenvalue weighted by Crippen LogP contribution is -2.39. The SMILES string of the molecule is CC(CO)NC(=O)c1cc(-c2ccc([Si](C)(C)C)cc2)nn(-c2cnn(C)c2)c1=O. The lowest BCUT2D eigenvalue weighted by Gasteiger charge is -2.17. The predicted octanol–water partition coefficient (Wildman–Crippen LogP) is 1.29. The number of nitrogens with one attached hydrogen (secondary N) is 1. The van der Waals surface area contributed by atoms with Crippen LogP contribution in [-0.2, 0) is 7.05 Å². The average Bonchev–Trinajstić information content (AvgIpc) is 3.13. The molecular formula is C21H27N5O3Si. The van der Waals surface area contributed by atoms with Gasteiger partial charge in [0.15, 0.2) is 0 Å². The molecule has 0 aliphatic carbocycles. The van der Waals surface area contributed by atoms with Gasteiger partial charge in [-0.25, -0.2) is 0 Å². The Balaban J connectivity index is 2.14. The quantitative estimate of drug-likeness (QED) is 0.580. The van der Waals surface area contributed by atoms with E-state index in [1.165, 1.54) is 22.1 Å². The summed E-state index contributed by atoms with van der Waals surface area (Å²) in [5, 5.41) is 21.8. The highest BCUT2D eigenvalue weighted by molar-refractivity contribution is 6.88. The first-order valence-corrected chi connectivity index (χ1v) is 13.3. The van der Waals surface area contributed by atoms with E-state index in [0.717, 1.165) is 5.56 Å². The van der Waals surface area contributed by atoms with Gasteiger partial charge in [-0.1, -0.05) is 49.1 Å². The van der Waals surface area contributed by atoms with Gasteiger partial charge in [0.1, 0.15) is 11.3 Å². The van der Waals surface area contributed by atoms with Crippen LogP contribution in [0.4, 0.5) is 0 Å². The van der Waals surface area contributed by atoms with Gasteiger partial charge >= 0.3 is 0 Å². The Morgan fingerprint density at radius 3 is 2.43 bits per heavy atom. The van der Waals surface area contributed by atoms with E-state index in [0.29, 0.717) is 11.4 Å². The molecule has 0 aliphatic heterocycles. The van der Waals surface area contributed by atoms with E-state index in [1.807, 2.05) is 12.1 Å². The standard InChI is InChI=1S/C21H27N5O3Si/c1-14(13-27)23-20(28)18-10-19(15-6-8-17(9-7-15)30(3,4)5)24-26(21(18)29)16-11-22-25(2)12-16/h6-12,14,27H,13H2,1-5H3,(H,23,28). The Kier molecular flexibility index (Phi) is 6.04. The Labute approximate surface area is 176 Å². The zero-order valence-electron chi connectivity index (χ0n) is 17.9. The Morgan fingerprint density at radius 1 is 1.23 bits per heavy atom. The number of aliphatic hydroxyl groups is 1. The van der Waals surface area contributed by atoms with Crippen molar-refractivity contribution in [2.75, 3.05) is 6.61 Å². The zero-order chi connectivity index (χ0) is 22.1. The summed E-state index contributed by atoms with van der Waals surface area (Å²) in [6, 6.07) is 9.11. The minimum atomic E-state index is -1.45. The molecule has 0 fully saturated rings. The fourth-order valence-corrected chi connectivity index (χ4v) is 4.15. The first-order chi connectivity index (χ1) is 14.1. The normalized spacial score (nSPS) is 12.6. The molecule has 0 radical (unpaired) electrons. The lowest BCUT2D eigenvalue weighted by atomic mass is 10.1. The molecule has 2 N–H and O–H groups in total. The Bertz CT molecular complexity index is 1110. The van der Waals surface area contributed by atoms with Crippen LogP contribution in [-0.4, -0.2) is 51.3 Å². The molecule has 3 rings (SSSR count). The summed E-state index contributed by atoms with van der Waals surface area (Å²) in [4.78, 5) is 25.7. The maximum Gasteiger partial charge on any atom is 0.284 e. The molecule has 0 aliphatic rings. The van der Waals surface area contributed by atoms with Gasteiger partial charge in [0.2, 0.25) is 0 Å². The van der Waals surface area contributed by atoms with Gasteiger partial charge in [-0.2, -0.15) is 14.9 Å². The van der Waals surface area contributed by atoms with Crippen LogP contribution in [0.5, 0.6) is 0 Å². The summed E-state index contributed by atoms with van der Waals surface area (Å²) in [5.41, 5.74) is 1.18. The molecule has 9 heteroatoms. The molecule has 0 spiro atoms. The van der Waals surface area contributed by atoms with Crippen LogP contribution in [0.3, 0.4) is 0 Å². The first kappa shape index (κ1) is 21.7. The van der Waals surface area contributed by atoms with Gasteiger partial charge in [-0.05, 0) is 13.0 Å². The molecule has 1 unspecified atom stereocenters. The molecule has 3 aromatic rings. The second-order valence-corrected chi connectivity index (χ2v) is 13.5. The number of nitrogens with zero attached hydrogens (tertiary/aromatic N) is 4. The molecular weight excluding hydrogens is 398 g/mol.